The number of hydrogen-bond acceptors (Lipinski definition) is 0. The van der Waals surface area contributed by atoms with E-state index in [4.69, 9.17) is 69.6 Å². The summed E-state index contributed by atoms with van der Waals surface area (Å²) in [6, 6.07) is 0. The second kappa shape index (κ2) is 3.32. The standard InChI is InChI=1S/C10H8Cl6/c1-7(2)8(3)4(11)5(12)9(7,14)10(15,16)6(8)13/h6H,1-2H2,3H3. The molecule has 1 saturated carbocycles. The predicted octanol–water partition coefficient (Wildman–Crippen LogP) is 5.12. The van der Waals surface area contributed by atoms with Crippen LogP contribution in [0.25, 0.3) is 0 Å². The van der Waals surface area contributed by atoms with Crippen molar-refractivity contribution in [1.82, 2.24) is 0 Å². The molecule has 0 spiro atoms. The van der Waals surface area contributed by atoms with Gasteiger partial charge in [0.15, 0.2) is 4.33 Å². The lowest BCUT2D eigenvalue weighted by atomic mass is 9.70. The minimum Gasteiger partial charge on any atom is -0.119 e. The van der Waals surface area contributed by atoms with Gasteiger partial charge < -0.3 is 0 Å². The van der Waals surface area contributed by atoms with E-state index in [0.29, 0.717) is 5.03 Å². The Hall–Kier alpha value is 1.48. The van der Waals surface area contributed by atoms with Gasteiger partial charge in [-0.1, -0.05) is 53.3 Å². The maximum atomic E-state index is 6.46. The first kappa shape index (κ1) is 13.9. The predicted molar refractivity (Wildman–Crippen MR) is 72.6 cm³/mol. The van der Waals surface area contributed by atoms with E-state index in [0.717, 1.165) is 0 Å². The molecular formula is C10H8Cl6. The molecule has 16 heavy (non-hydrogen) atoms. The quantitative estimate of drug-likeness (QED) is 0.537. The maximum absolute atomic E-state index is 6.46. The highest BCUT2D eigenvalue weighted by Crippen LogP contribution is 2.80. The summed E-state index contributed by atoms with van der Waals surface area (Å²) in [5.74, 6) is 0. The zero-order valence-corrected chi connectivity index (χ0v) is 12.8. The van der Waals surface area contributed by atoms with E-state index in [-0.39, 0.29) is 5.03 Å². The molecule has 0 aromatic carbocycles. The molecule has 0 saturated heterocycles. The molecular weight excluding hydrogens is 333 g/mol. The molecule has 6 heteroatoms. The monoisotopic (exact) mass is 338 g/mol. The number of rotatable bonds is 0. The molecule has 3 unspecified atom stereocenters. The molecule has 1 fully saturated rings. The van der Waals surface area contributed by atoms with Gasteiger partial charge in [-0.15, -0.1) is 23.2 Å². The maximum Gasteiger partial charge on any atom is 0.159 e. The van der Waals surface area contributed by atoms with Gasteiger partial charge in [0.05, 0.1) is 10.4 Å². The zero-order valence-electron chi connectivity index (χ0n) is 8.26. The van der Waals surface area contributed by atoms with Gasteiger partial charge in [0.2, 0.25) is 0 Å². The van der Waals surface area contributed by atoms with Crippen LogP contribution in [0.4, 0.5) is 0 Å². The van der Waals surface area contributed by atoms with Crippen molar-refractivity contribution in [2.75, 3.05) is 0 Å². The Labute approximate surface area is 125 Å². The van der Waals surface area contributed by atoms with Crippen molar-refractivity contribution in [1.29, 1.82) is 0 Å². The Balaban J connectivity index is 2.84. The fourth-order valence-electron chi connectivity index (χ4n) is 2.51. The van der Waals surface area contributed by atoms with Gasteiger partial charge in [-0.2, -0.15) is 0 Å². The van der Waals surface area contributed by atoms with Crippen LogP contribution >= 0.6 is 69.6 Å². The SMILES string of the molecule is [CH2]C1([CH2])C2(C)C(Cl)=C(Cl)C1(Cl)C(Cl)(Cl)C2Cl. The number of hydrogen-bond donors (Lipinski definition) is 0. The van der Waals surface area contributed by atoms with Crippen molar-refractivity contribution in [3.63, 3.8) is 0 Å². The summed E-state index contributed by atoms with van der Waals surface area (Å²) >= 11 is 37.5. The topological polar surface area (TPSA) is 0 Å². The Morgan fingerprint density at radius 2 is 1.50 bits per heavy atom. The van der Waals surface area contributed by atoms with E-state index >= 15 is 0 Å². The summed E-state index contributed by atoms with van der Waals surface area (Å²) in [5, 5.41) is -0.192. The van der Waals surface area contributed by atoms with Crippen LogP contribution in [0.3, 0.4) is 0 Å². The molecule has 0 N–H and O–H groups in total. The third-order valence-electron chi connectivity index (χ3n) is 3.89. The largest absolute Gasteiger partial charge is 0.159 e. The van der Waals surface area contributed by atoms with Crippen LogP contribution in [0.15, 0.2) is 10.1 Å². The molecule has 0 aromatic heterocycles. The van der Waals surface area contributed by atoms with E-state index < -0.39 is 25.4 Å². The van der Waals surface area contributed by atoms with Crippen molar-refractivity contribution in [2.24, 2.45) is 10.8 Å². The van der Waals surface area contributed by atoms with E-state index in [9.17, 15) is 0 Å². The van der Waals surface area contributed by atoms with Gasteiger partial charge in [-0.05, 0) is 13.8 Å². The molecule has 3 atom stereocenters. The third-order valence-corrected chi connectivity index (χ3v) is 8.17. The minimum atomic E-state index is -1.47. The van der Waals surface area contributed by atoms with E-state index in [1.165, 1.54) is 0 Å². The third kappa shape index (κ3) is 1.02. The van der Waals surface area contributed by atoms with Crippen LogP contribution in [-0.4, -0.2) is 14.6 Å². The molecule has 0 amide bonds. The highest BCUT2D eigenvalue weighted by atomic mass is 35.5. The summed E-state index contributed by atoms with van der Waals surface area (Å²) in [6.45, 7) is 9.72. The van der Waals surface area contributed by atoms with Gasteiger partial charge in [0.25, 0.3) is 0 Å². The fourth-order valence-corrected chi connectivity index (χ4v) is 5.60. The Morgan fingerprint density at radius 1 is 1.06 bits per heavy atom. The highest BCUT2D eigenvalue weighted by molar-refractivity contribution is 6.62. The van der Waals surface area contributed by atoms with Gasteiger partial charge in [-0.25, -0.2) is 0 Å². The number of allylic oxidation sites excluding steroid dienone is 2. The lowest BCUT2D eigenvalue weighted by Gasteiger charge is -2.39. The molecule has 0 heterocycles. The second-order valence-electron chi connectivity index (χ2n) is 4.56. The van der Waals surface area contributed by atoms with Gasteiger partial charge in [0.1, 0.15) is 4.87 Å². The normalized spacial score (nSPS) is 48.9. The summed E-state index contributed by atoms with van der Waals surface area (Å²) in [5.41, 5.74) is -1.87. The molecule has 2 radical (unpaired) electrons. The minimum absolute atomic E-state index is 0.185. The molecule has 90 valence electrons. The Morgan fingerprint density at radius 3 is 1.81 bits per heavy atom. The van der Waals surface area contributed by atoms with Crippen molar-refractivity contribution in [2.45, 2.75) is 21.5 Å². The van der Waals surface area contributed by atoms with Crippen LogP contribution in [0.1, 0.15) is 6.92 Å². The molecule has 2 aliphatic rings. The molecule has 0 aromatic rings. The summed E-state index contributed by atoms with van der Waals surface area (Å²) in [4.78, 5) is -1.37. The smallest absolute Gasteiger partial charge is 0.119 e. The number of alkyl halides is 4. The fraction of sp³-hybridized carbons (Fsp3) is 0.600. The van der Waals surface area contributed by atoms with Crippen LogP contribution in [-0.2, 0) is 0 Å². The zero-order chi connectivity index (χ0) is 12.7. The van der Waals surface area contributed by atoms with Crippen molar-refractivity contribution in [3.05, 3.63) is 23.9 Å². The summed E-state index contributed by atoms with van der Waals surface area (Å²) < 4.78 is -1.47. The van der Waals surface area contributed by atoms with E-state index in [1.807, 2.05) is 0 Å². The Bertz CT molecular complexity index is 398. The second-order valence-corrected chi connectivity index (χ2v) is 7.70. The van der Waals surface area contributed by atoms with Crippen LogP contribution < -0.4 is 0 Å². The molecule has 2 bridgehead atoms. The summed E-state index contributed by atoms with van der Waals surface area (Å²) in [7, 11) is 0. The number of halogens is 6. The number of fused-ring (bicyclic) bond motifs is 2. The molecule has 0 nitrogen and oxygen atoms in total. The lowest BCUT2D eigenvalue weighted by molar-refractivity contribution is 0.266. The first-order valence-corrected chi connectivity index (χ1v) is 6.77. The van der Waals surface area contributed by atoms with E-state index in [1.54, 1.807) is 6.92 Å². The van der Waals surface area contributed by atoms with Gasteiger partial charge in [0, 0.05) is 15.9 Å². The van der Waals surface area contributed by atoms with Gasteiger partial charge >= 0.3 is 0 Å². The highest BCUT2D eigenvalue weighted by Gasteiger charge is 2.82. The first-order valence-electron chi connectivity index (χ1n) is 4.45. The van der Waals surface area contributed by atoms with Crippen LogP contribution in [0.5, 0.6) is 0 Å². The summed E-state index contributed by atoms with van der Waals surface area (Å²) in [6.07, 6.45) is 0. The Kier molecular flexibility index (Phi) is 2.89. The molecule has 0 aliphatic heterocycles. The van der Waals surface area contributed by atoms with Crippen molar-refractivity contribution >= 4 is 69.6 Å². The molecule has 2 aliphatic carbocycles. The van der Waals surface area contributed by atoms with Crippen molar-refractivity contribution < 1.29 is 0 Å². The van der Waals surface area contributed by atoms with Gasteiger partial charge in [-0.3, -0.25) is 0 Å². The van der Waals surface area contributed by atoms with Crippen LogP contribution in [0, 0.1) is 24.7 Å². The average Bonchev–Trinajstić information content (AvgIpc) is 2.34. The van der Waals surface area contributed by atoms with Crippen molar-refractivity contribution in [3.8, 4) is 0 Å². The average molecular weight is 341 g/mol. The molecule has 2 rings (SSSR count). The van der Waals surface area contributed by atoms with Crippen LogP contribution in [0.2, 0.25) is 0 Å². The first-order chi connectivity index (χ1) is 6.97. The lowest BCUT2D eigenvalue weighted by Crippen LogP contribution is -2.47. The van der Waals surface area contributed by atoms with E-state index in [2.05, 4.69) is 13.8 Å².